The number of fused-ring (bicyclic) bond motifs is 1. The van der Waals surface area contributed by atoms with E-state index in [2.05, 4.69) is 5.32 Å². The first-order chi connectivity index (χ1) is 14.4. The molecule has 0 saturated carbocycles. The average Bonchev–Trinajstić information content (AvgIpc) is 2.74. The number of benzene rings is 2. The van der Waals surface area contributed by atoms with Crippen molar-refractivity contribution in [3.63, 3.8) is 0 Å². The molecule has 2 aliphatic heterocycles. The summed E-state index contributed by atoms with van der Waals surface area (Å²) < 4.78 is 19.3. The van der Waals surface area contributed by atoms with E-state index in [0.717, 1.165) is 5.56 Å². The maximum Gasteiger partial charge on any atom is 0.339 e. The molecule has 0 aromatic heterocycles. The van der Waals surface area contributed by atoms with Crippen LogP contribution < -0.4 is 5.32 Å². The third kappa shape index (κ3) is 3.79. The monoisotopic (exact) mass is 410 g/mol. The van der Waals surface area contributed by atoms with Crippen LogP contribution in [0.3, 0.4) is 0 Å². The van der Waals surface area contributed by atoms with Crippen molar-refractivity contribution >= 4 is 17.8 Å². The highest BCUT2D eigenvalue weighted by molar-refractivity contribution is 5.97. The Bertz CT molecular complexity index is 1000. The van der Waals surface area contributed by atoms with Gasteiger partial charge < -0.3 is 15.0 Å². The number of likely N-dealkylation sites (tertiary alicyclic amines) is 1. The lowest BCUT2D eigenvalue weighted by atomic mass is 9.88. The predicted octanol–water partition coefficient (Wildman–Crippen LogP) is 2.72. The van der Waals surface area contributed by atoms with Gasteiger partial charge in [0.05, 0.1) is 11.1 Å². The average molecular weight is 410 g/mol. The van der Waals surface area contributed by atoms with E-state index in [0.29, 0.717) is 37.9 Å². The van der Waals surface area contributed by atoms with E-state index in [9.17, 15) is 18.8 Å². The van der Waals surface area contributed by atoms with Gasteiger partial charge in [-0.2, -0.15) is 0 Å². The number of piperidine rings is 1. The summed E-state index contributed by atoms with van der Waals surface area (Å²) in [4.78, 5) is 39.5. The van der Waals surface area contributed by atoms with E-state index < -0.39 is 23.3 Å². The molecule has 4 rings (SSSR count). The summed E-state index contributed by atoms with van der Waals surface area (Å²) in [5.74, 6) is -1.73. The predicted molar refractivity (Wildman–Crippen MR) is 107 cm³/mol. The maximum atomic E-state index is 13.8. The molecular weight excluding hydrogens is 387 g/mol. The Hall–Kier alpha value is -3.22. The van der Waals surface area contributed by atoms with Crippen molar-refractivity contribution in [2.75, 3.05) is 13.1 Å². The fraction of sp³-hybridized carbons (Fsp3) is 0.348. The van der Waals surface area contributed by atoms with Gasteiger partial charge in [-0.15, -0.1) is 0 Å². The normalized spacial score (nSPS) is 21.5. The van der Waals surface area contributed by atoms with Crippen LogP contribution in [0, 0.1) is 5.82 Å². The fourth-order valence-electron chi connectivity index (χ4n) is 4.12. The highest BCUT2D eigenvalue weighted by Crippen LogP contribution is 2.30. The summed E-state index contributed by atoms with van der Waals surface area (Å²) in [6, 6.07) is 12.8. The van der Waals surface area contributed by atoms with Crippen molar-refractivity contribution in [3.8, 4) is 0 Å². The summed E-state index contributed by atoms with van der Waals surface area (Å²) in [5, 5.41) is 2.84. The lowest BCUT2D eigenvalue weighted by Gasteiger charge is -2.40. The SMILES string of the molecule is CC1(C(=O)N2CCC(NC(=O)c3ccccc3F)CC2)Cc2ccccc2C(=O)O1. The molecule has 0 bridgehead atoms. The number of hydrogen-bond donors (Lipinski definition) is 1. The molecule has 2 aliphatic rings. The van der Waals surface area contributed by atoms with Crippen LogP contribution >= 0.6 is 0 Å². The Morgan fingerprint density at radius 2 is 1.77 bits per heavy atom. The van der Waals surface area contributed by atoms with Crippen molar-refractivity contribution in [1.82, 2.24) is 10.2 Å². The number of amides is 2. The number of esters is 1. The number of ether oxygens (including phenoxy) is 1. The second kappa shape index (κ2) is 7.89. The van der Waals surface area contributed by atoms with Crippen LogP contribution in [0.25, 0.3) is 0 Å². The van der Waals surface area contributed by atoms with E-state index in [1.54, 1.807) is 30.0 Å². The van der Waals surface area contributed by atoms with Gasteiger partial charge in [0.15, 0.2) is 5.60 Å². The fourth-order valence-corrected chi connectivity index (χ4v) is 4.12. The van der Waals surface area contributed by atoms with Crippen LogP contribution in [0.1, 0.15) is 46.0 Å². The lowest BCUT2D eigenvalue weighted by Crippen LogP contribution is -2.56. The number of carbonyl (C=O) groups is 3. The molecule has 2 amide bonds. The van der Waals surface area contributed by atoms with E-state index in [1.165, 1.54) is 18.2 Å². The van der Waals surface area contributed by atoms with Crippen LogP contribution in [-0.2, 0) is 16.0 Å². The molecular formula is C23H23FN2O4. The largest absolute Gasteiger partial charge is 0.445 e. The zero-order valence-electron chi connectivity index (χ0n) is 16.7. The second-order valence-electron chi connectivity index (χ2n) is 7.97. The lowest BCUT2D eigenvalue weighted by molar-refractivity contribution is -0.152. The standard InChI is InChI=1S/C23H23FN2O4/c1-23(14-15-6-2-3-7-17(15)21(28)30-23)22(29)26-12-10-16(11-13-26)25-20(27)18-8-4-5-9-19(18)24/h2-9,16H,10-14H2,1H3,(H,25,27). The first-order valence-electron chi connectivity index (χ1n) is 10.0. The first-order valence-corrected chi connectivity index (χ1v) is 10.0. The quantitative estimate of drug-likeness (QED) is 0.790. The molecule has 0 aliphatic carbocycles. The van der Waals surface area contributed by atoms with Gasteiger partial charge in [-0.3, -0.25) is 9.59 Å². The van der Waals surface area contributed by atoms with Crippen LogP contribution in [0.15, 0.2) is 48.5 Å². The zero-order valence-corrected chi connectivity index (χ0v) is 16.7. The summed E-state index contributed by atoms with van der Waals surface area (Å²) in [7, 11) is 0. The van der Waals surface area contributed by atoms with Gasteiger partial charge in [0.25, 0.3) is 11.8 Å². The molecule has 1 saturated heterocycles. The molecule has 2 aromatic carbocycles. The van der Waals surface area contributed by atoms with Crippen LogP contribution in [-0.4, -0.2) is 47.4 Å². The molecule has 2 aromatic rings. The van der Waals surface area contributed by atoms with Crippen molar-refractivity contribution in [1.29, 1.82) is 0 Å². The summed E-state index contributed by atoms with van der Waals surface area (Å²) in [5.41, 5.74) is 0.0691. The highest BCUT2D eigenvalue weighted by atomic mass is 19.1. The molecule has 1 N–H and O–H groups in total. The topological polar surface area (TPSA) is 75.7 Å². The van der Waals surface area contributed by atoms with E-state index in [4.69, 9.17) is 4.74 Å². The number of halogens is 1. The number of hydrogen-bond acceptors (Lipinski definition) is 4. The van der Waals surface area contributed by atoms with Crippen LogP contribution in [0.5, 0.6) is 0 Å². The van der Waals surface area contributed by atoms with Gasteiger partial charge in [0, 0.05) is 25.6 Å². The smallest absolute Gasteiger partial charge is 0.339 e. The molecule has 156 valence electrons. The molecule has 1 fully saturated rings. The minimum Gasteiger partial charge on any atom is -0.445 e. The second-order valence-corrected chi connectivity index (χ2v) is 7.97. The number of carbonyl (C=O) groups excluding carboxylic acids is 3. The third-order valence-corrected chi connectivity index (χ3v) is 5.77. The van der Waals surface area contributed by atoms with Crippen molar-refractivity contribution in [2.24, 2.45) is 0 Å². The molecule has 1 unspecified atom stereocenters. The van der Waals surface area contributed by atoms with Gasteiger partial charge in [0.2, 0.25) is 0 Å². The number of cyclic esters (lactones) is 1. The van der Waals surface area contributed by atoms with Crippen molar-refractivity contribution in [2.45, 2.75) is 37.8 Å². The zero-order chi connectivity index (χ0) is 21.3. The Labute approximate surface area is 174 Å². The molecule has 1 atom stereocenters. The Balaban J connectivity index is 1.37. The Morgan fingerprint density at radius 1 is 1.10 bits per heavy atom. The molecule has 2 heterocycles. The van der Waals surface area contributed by atoms with Gasteiger partial charge in [-0.25, -0.2) is 9.18 Å². The Kier molecular flexibility index (Phi) is 5.28. The summed E-state index contributed by atoms with van der Waals surface area (Å²) in [6.45, 7) is 2.50. The molecule has 6 nitrogen and oxygen atoms in total. The molecule has 0 radical (unpaired) electrons. The Morgan fingerprint density at radius 3 is 2.50 bits per heavy atom. The maximum absolute atomic E-state index is 13.8. The molecule has 0 spiro atoms. The van der Waals surface area contributed by atoms with Gasteiger partial charge in [-0.1, -0.05) is 30.3 Å². The summed E-state index contributed by atoms with van der Waals surface area (Å²) in [6.07, 6.45) is 1.43. The molecule has 30 heavy (non-hydrogen) atoms. The van der Waals surface area contributed by atoms with Gasteiger partial charge in [-0.05, 0) is 43.5 Å². The van der Waals surface area contributed by atoms with Crippen LogP contribution in [0.4, 0.5) is 4.39 Å². The van der Waals surface area contributed by atoms with E-state index in [-0.39, 0.29) is 17.5 Å². The molecule has 7 heteroatoms. The highest BCUT2D eigenvalue weighted by Gasteiger charge is 2.45. The first kappa shape index (κ1) is 20.1. The van der Waals surface area contributed by atoms with Crippen molar-refractivity contribution in [3.05, 3.63) is 71.0 Å². The number of rotatable bonds is 3. The van der Waals surface area contributed by atoms with E-state index in [1.807, 2.05) is 12.1 Å². The van der Waals surface area contributed by atoms with Gasteiger partial charge >= 0.3 is 5.97 Å². The number of nitrogens with one attached hydrogen (secondary N) is 1. The minimum absolute atomic E-state index is 0.0105. The van der Waals surface area contributed by atoms with Gasteiger partial charge in [0.1, 0.15) is 5.82 Å². The third-order valence-electron chi connectivity index (χ3n) is 5.77. The summed E-state index contributed by atoms with van der Waals surface area (Å²) >= 11 is 0. The number of nitrogens with zero attached hydrogens (tertiary/aromatic N) is 1. The minimum atomic E-state index is -1.24. The van der Waals surface area contributed by atoms with Crippen LogP contribution in [0.2, 0.25) is 0 Å². The van der Waals surface area contributed by atoms with E-state index >= 15 is 0 Å². The van der Waals surface area contributed by atoms with Crippen molar-refractivity contribution < 1.29 is 23.5 Å².